The van der Waals surface area contributed by atoms with Crippen molar-refractivity contribution in [2.24, 2.45) is 5.10 Å². The topological polar surface area (TPSA) is 63.3 Å². The van der Waals surface area contributed by atoms with Crippen molar-refractivity contribution in [2.75, 3.05) is 0 Å². The van der Waals surface area contributed by atoms with Gasteiger partial charge in [0.25, 0.3) is 0 Å². The molecule has 0 fully saturated rings. The molecule has 0 spiro atoms. The van der Waals surface area contributed by atoms with Crippen LogP contribution in [0.15, 0.2) is 94.8 Å². The molecule has 1 aromatic heterocycles. The minimum Gasteiger partial charge on any atom is -0.438 e. The lowest BCUT2D eigenvalue weighted by molar-refractivity contribution is 0.426. The Morgan fingerprint density at radius 3 is 2.39 bits per heavy atom. The fourth-order valence-corrected chi connectivity index (χ4v) is 5.13. The van der Waals surface area contributed by atoms with Crippen LogP contribution in [-0.2, 0) is 0 Å². The van der Waals surface area contributed by atoms with Crippen molar-refractivity contribution in [3.05, 3.63) is 127 Å². The predicted molar refractivity (Wildman–Crippen MR) is 147 cm³/mol. The van der Waals surface area contributed by atoms with E-state index in [9.17, 15) is 0 Å². The van der Waals surface area contributed by atoms with E-state index in [2.05, 4.69) is 38.1 Å². The summed E-state index contributed by atoms with van der Waals surface area (Å²) in [7, 11) is 0. The summed E-state index contributed by atoms with van der Waals surface area (Å²) in [4.78, 5) is 4.55. The van der Waals surface area contributed by atoms with Crippen LogP contribution < -0.4 is 10.2 Å². The third-order valence-corrected chi connectivity index (χ3v) is 7.17. The fourth-order valence-electron chi connectivity index (χ4n) is 4.49. The van der Waals surface area contributed by atoms with Crippen LogP contribution in [-0.4, -0.2) is 15.9 Å². The van der Waals surface area contributed by atoms with E-state index in [-0.39, 0.29) is 11.4 Å². The zero-order chi connectivity index (χ0) is 24.8. The first kappa shape index (κ1) is 23.0. The highest BCUT2D eigenvalue weighted by atomic mass is 79.9. The van der Waals surface area contributed by atoms with Gasteiger partial charge in [0, 0.05) is 26.0 Å². The molecule has 1 aliphatic heterocycles. The van der Waals surface area contributed by atoms with E-state index in [0.717, 1.165) is 31.9 Å². The van der Waals surface area contributed by atoms with E-state index in [1.165, 1.54) is 11.0 Å². The van der Waals surface area contributed by atoms with E-state index < -0.39 is 0 Å². The van der Waals surface area contributed by atoms with Gasteiger partial charge in [-0.1, -0.05) is 75.5 Å². The zero-order valence-electron chi connectivity index (χ0n) is 18.6. The second kappa shape index (κ2) is 9.21. The monoisotopic (exact) mass is 574 g/mol. The average molecular weight is 576 g/mol. The summed E-state index contributed by atoms with van der Waals surface area (Å²) < 4.78 is 8.70. The Labute approximate surface area is 225 Å². The molecule has 1 N–H and O–H groups in total. The molecule has 8 heteroatoms. The van der Waals surface area contributed by atoms with Gasteiger partial charge in [0.15, 0.2) is 5.49 Å². The lowest BCUT2D eigenvalue weighted by Gasteiger charge is -2.29. The Hall–Kier alpha value is -3.45. The molecule has 1 atom stereocenters. The molecule has 0 radical (unpaired) electrons. The van der Waals surface area contributed by atoms with Crippen molar-refractivity contribution in [1.82, 2.24) is 9.66 Å². The van der Waals surface area contributed by atoms with E-state index in [0.29, 0.717) is 27.2 Å². The van der Waals surface area contributed by atoms with Crippen molar-refractivity contribution < 1.29 is 4.74 Å². The molecule has 0 amide bonds. The second-order valence-corrected chi connectivity index (χ2v) is 10.2. The van der Waals surface area contributed by atoms with Crippen LogP contribution in [0.25, 0.3) is 10.8 Å². The van der Waals surface area contributed by atoms with Crippen LogP contribution in [0.5, 0.6) is 11.6 Å². The highest BCUT2D eigenvalue weighted by Gasteiger charge is 2.33. The Balaban J connectivity index is 1.57. The van der Waals surface area contributed by atoms with Crippen molar-refractivity contribution >= 4 is 56.1 Å². The number of benzene rings is 4. The summed E-state index contributed by atoms with van der Waals surface area (Å²) in [5.41, 5.74) is 3.64. The molecule has 1 unspecified atom stereocenters. The maximum atomic E-state index is 9.10. The summed E-state index contributed by atoms with van der Waals surface area (Å²) >= 11 is 15.8. The van der Waals surface area contributed by atoms with Crippen LogP contribution in [0.4, 0.5) is 0 Å². The molecule has 0 saturated carbocycles. The average Bonchev–Trinajstić information content (AvgIpc) is 2.88. The summed E-state index contributed by atoms with van der Waals surface area (Å²) in [6.07, 6.45) is 3.17. The number of fused-ring (bicyclic) bond motifs is 4. The quantitative estimate of drug-likeness (QED) is 0.219. The Kier molecular flexibility index (Phi) is 5.88. The number of nitrogens with zero attached hydrogens (tertiary/aromatic N) is 3. The predicted octanol–water partition coefficient (Wildman–Crippen LogP) is 7.75. The van der Waals surface area contributed by atoms with Gasteiger partial charge >= 0.3 is 0 Å². The molecular formula is C28H17BrCl2N4O. The SMILES string of the molecule is N=c1c2c(ncn1/N=C/c1ccc(Cl)cc1)Oc1ccc3cc(Br)ccc3c1C2c1ccc(Cl)cc1. The van der Waals surface area contributed by atoms with Gasteiger partial charge in [0.05, 0.1) is 11.8 Å². The summed E-state index contributed by atoms with van der Waals surface area (Å²) in [5.74, 6) is 0.803. The van der Waals surface area contributed by atoms with Gasteiger partial charge in [-0.25, -0.2) is 9.66 Å². The highest BCUT2D eigenvalue weighted by Crippen LogP contribution is 2.48. The van der Waals surface area contributed by atoms with Crippen molar-refractivity contribution in [3.63, 3.8) is 0 Å². The molecule has 0 aliphatic carbocycles. The first-order valence-electron chi connectivity index (χ1n) is 11.1. The molecular weight excluding hydrogens is 559 g/mol. The number of aromatic nitrogens is 2. The van der Waals surface area contributed by atoms with Gasteiger partial charge in [-0.2, -0.15) is 5.10 Å². The van der Waals surface area contributed by atoms with Crippen LogP contribution >= 0.6 is 39.1 Å². The van der Waals surface area contributed by atoms with Crippen LogP contribution in [0, 0.1) is 5.41 Å². The van der Waals surface area contributed by atoms with Gasteiger partial charge in [-0.05, 0) is 64.4 Å². The van der Waals surface area contributed by atoms with Gasteiger partial charge in [-0.3, -0.25) is 5.41 Å². The maximum absolute atomic E-state index is 9.10. The molecule has 176 valence electrons. The van der Waals surface area contributed by atoms with Crippen LogP contribution in [0.3, 0.4) is 0 Å². The normalized spacial score (nSPS) is 14.5. The molecule has 2 heterocycles. The molecule has 0 bridgehead atoms. The van der Waals surface area contributed by atoms with Crippen molar-refractivity contribution in [1.29, 1.82) is 5.41 Å². The smallest absolute Gasteiger partial charge is 0.228 e. The number of nitrogens with one attached hydrogen (secondary N) is 1. The van der Waals surface area contributed by atoms with E-state index in [4.69, 9.17) is 33.3 Å². The minimum atomic E-state index is -0.302. The van der Waals surface area contributed by atoms with Crippen molar-refractivity contribution in [3.8, 4) is 11.6 Å². The third kappa shape index (κ3) is 4.11. The van der Waals surface area contributed by atoms with E-state index in [1.807, 2.05) is 54.6 Å². The van der Waals surface area contributed by atoms with Gasteiger partial charge in [0.2, 0.25) is 5.88 Å². The number of hydrogen-bond acceptors (Lipinski definition) is 4. The summed E-state index contributed by atoms with van der Waals surface area (Å²) in [6.45, 7) is 0. The van der Waals surface area contributed by atoms with Crippen molar-refractivity contribution in [2.45, 2.75) is 5.92 Å². The fraction of sp³-hybridized carbons (Fsp3) is 0.0357. The minimum absolute atomic E-state index is 0.185. The maximum Gasteiger partial charge on any atom is 0.228 e. The number of hydrogen-bond donors (Lipinski definition) is 1. The van der Waals surface area contributed by atoms with Crippen LogP contribution in [0.1, 0.15) is 28.2 Å². The molecule has 1 aliphatic rings. The molecule has 36 heavy (non-hydrogen) atoms. The van der Waals surface area contributed by atoms with Gasteiger partial charge in [-0.15, -0.1) is 0 Å². The summed E-state index contributed by atoms with van der Waals surface area (Å²) in [5, 5.41) is 17.0. The Morgan fingerprint density at radius 2 is 1.64 bits per heavy atom. The van der Waals surface area contributed by atoms with Gasteiger partial charge < -0.3 is 4.74 Å². The highest BCUT2D eigenvalue weighted by molar-refractivity contribution is 9.10. The van der Waals surface area contributed by atoms with Crippen LogP contribution in [0.2, 0.25) is 10.0 Å². The number of halogens is 3. The number of rotatable bonds is 3. The van der Waals surface area contributed by atoms with E-state index in [1.54, 1.807) is 18.3 Å². The summed E-state index contributed by atoms with van der Waals surface area (Å²) in [6, 6.07) is 25.2. The largest absolute Gasteiger partial charge is 0.438 e. The van der Waals surface area contributed by atoms with E-state index >= 15 is 0 Å². The Bertz CT molecular complexity index is 1710. The van der Waals surface area contributed by atoms with Gasteiger partial charge in [0.1, 0.15) is 12.1 Å². The molecule has 4 aromatic carbocycles. The zero-order valence-corrected chi connectivity index (χ0v) is 21.7. The standard InChI is InChI=1S/C28H17BrCl2N4O/c29-19-6-11-22-18(13-19)5-12-23-25(22)24(17-3-9-21(31)10-4-17)26-27(32)35(15-33-28(26)36-23)34-14-16-1-7-20(30)8-2-16/h1-15,24,32H/b32-27?,34-14+. The number of ether oxygens (including phenoxy) is 1. The first-order valence-corrected chi connectivity index (χ1v) is 12.6. The Morgan fingerprint density at radius 1 is 0.917 bits per heavy atom. The molecule has 6 rings (SSSR count). The lowest BCUT2D eigenvalue weighted by atomic mass is 9.81. The lowest BCUT2D eigenvalue weighted by Crippen LogP contribution is -2.28. The third-order valence-electron chi connectivity index (χ3n) is 6.17. The second-order valence-electron chi connectivity index (χ2n) is 8.38. The first-order chi connectivity index (χ1) is 17.5. The molecule has 5 aromatic rings. The molecule has 5 nitrogen and oxygen atoms in total. The molecule has 0 saturated heterocycles.